The van der Waals surface area contributed by atoms with E-state index in [0.29, 0.717) is 31.6 Å². The Morgan fingerprint density at radius 3 is 1.64 bits per heavy atom. The van der Waals surface area contributed by atoms with Crippen LogP contribution in [0.4, 0.5) is 0 Å². The molecule has 206 valence electrons. The van der Waals surface area contributed by atoms with Crippen molar-refractivity contribution in [3.63, 3.8) is 0 Å². The second kappa shape index (κ2) is 18.4. The molecule has 0 aliphatic heterocycles. The molecule has 0 bridgehead atoms. The molecule has 0 heterocycles. The number of nitrogens with one attached hydrogen (secondary N) is 3. The second-order valence-corrected chi connectivity index (χ2v) is 9.19. The molecule has 5 amide bonds. The first kappa shape index (κ1) is 33.1. The predicted molar refractivity (Wildman–Crippen MR) is 134 cm³/mol. The van der Waals surface area contributed by atoms with Crippen LogP contribution in [0.5, 0.6) is 0 Å². The SMILES string of the molecule is CSCCC(NC(=O)C(CCC(N)=O)NC(=O)C(CCC(N)=O)NC(=O)C(N)CCCCN)C(=O)O. The van der Waals surface area contributed by atoms with E-state index >= 15 is 0 Å². The molecule has 0 aliphatic rings. The molecular formula is C21H39N7O7S. The third-order valence-electron chi connectivity index (χ3n) is 5.16. The van der Waals surface area contributed by atoms with Gasteiger partial charge in [-0.15, -0.1) is 0 Å². The van der Waals surface area contributed by atoms with E-state index in [4.69, 9.17) is 22.9 Å². The summed E-state index contributed by atoms with van der Waals surface area (Å²) in [5, 5.41) is 16.6. The topological polar surface area (TPSA) is 263 Å². The summed E-state index contributed by atoms with van der Waals surface area (Å²) in [4.78, 5) is 72.3. The van der Waals surface area contributed by atoms with Crippen molar-refractivity contribution in [3.05, 3.63) is 0 Å². The van der Waals surface area contributed by atoms with Gasteiger partial charge in [0, 0.05) is 12.8 Å². The monoisotopic (exact) mass is 533 g/mol. The first-order chi connectivity index (χ1) is 16.9. The van der Waals surface area contributed by atoms with Gasteiger partial charge in [-0.1, -0.05) is 6.42 Å². The van der Waals surface area contributed by atoms with Gasteiger partial charge < -0.3 is 44.0 Å². The predicted octanol–water partition coefficient (Wildman–Crippen LogP) is -2.73. The molecule has 4 atom stereocenters. The maximum atomic E-state index is 13.0. The Morgan fingerprint density at radius 2 is 1.22 bits per heavy atom. The molecule has 0 saturated carbocycles. The number of thioether (sulfide) groups is 1. The van der Waals surface area contributed by atoms with Gasteiger partial charge in [0.25, 0.3) is 0 Å². The minimum atomic E-state index is -1.33. The van der Waals surface area contributed by atoms with Crippen LogP contribution in [0, 0.1) is 0 Å². The Hall–Kier alpha value is -2.91. The summed E-state index contributed by atoms with van der Waals surface area (Å²) in [5.41, 5.74) is 21.6. The Bertz CT molecular complexity index is 769. The van der Waals surface area contributed by atoms with Crippen molar-refractivity contribution in [2.75, 3.05) is 18.6 Å². The van der Waals surface area contributed by atoms with Crippen molar-refractivity contribution in [3.8, 4) is 0 Å². The van der Waals surface area contributed by atoms with Crippen LogP contribution in [0.2, 0.25) is 0 Å². The zero-order valence-electron chi connectivity index (χ0n) is 20.5. The highest BCUT2D eigenvalue weighted by Crippen LogP contribution is 2.07. The number of nitrogens with two attached hydrogens (primary N) is 4. The molecular weight excluding hydrogens is 494 g/mol. The van der Waals surface area contributed by atoms with Crippen LogP contribution < -0.4 is 38.9 Å². The zero-order valence-corrected chi connectivity index (χ0v) is 21.3. The minimum Gasteiger partial charge on any atom is -0.480 e. The number of carboxylic acid groups (broad SMARTS) is 1. The highest BCUT2D eigenvalue weighted by Gasteiger charge is 2.30. The van der Waals surface area contributed by atoms with Crippen LogP contribution in [0.1, 0.15) is 51.4 Å². The van der Waals surface area contributed by atoms with E-state index in [0.717, 1.165) is 0 Å². The molecule has 0 saturated heterocycles. The molecule has 12 N–H and O–H groups in total. The molecule has 0 radical (unpaired) electrons. The minimum absolute atomic E-state index is 0.137. The zero-order chi connectivity index (χ0) is 27.7. The van der Waals surface area contributed by atoms with Crippen molar-refractivity contribution >= 4 is 47.3 Å². The highest BCUT2D eigenvalue weighted by molar-refractivity contribution is 7.98. The summed E-state index contributed by atoms with van der Waals surface area (Å²) in [6, 6.07) is -4.73. The number of hydrogen-bond acceptors (Lipinski definition) is 9. The average Bonchev–Trinajstić information content (AvgIpc) is 2.80. The van der Waals surface area contributed by atoms with Gasteiger partial charge in [0.1, 0.15) is 18.1 Å². The Balaban J connectivity index is 5.54. The first-order valence-corrected chi connectivity index (χ1v) is 13.0. The van der Waals surface area contributed by atoms with Crippen molar-refractivity contribution < 1.29 is 33.9 Å². The lowest BCUT2D eigenvalue weighted by atomic mass is 10.0. The molecule has 36 heavy (non-hydrogen) atoms. The van der Waals surface area contributed by atoms with E-state index in [9.17, 15) is 33.9 Å². The molecule has 15 heteroatoms. The lowest BCUT2D eigenvalue weighted by molar-refractivity contribution is -0.142. The van der Waals surface area contributed by atoms with Gasteiger partial charge in [0.05, 0.1) is 6.04 Å². The van der Waals surface area contributed by atoms with E-state index in [-0.39, 0.29) is 32.1 Å². The maximum absolute atomic E-state index is 13.0. The fourth-order valence-electron chi connectivity index (χ4n) is 3.07. The van der Waals surface area contributed by atoms with Crippen molar-refractivity contribution in [2.24, 2.45) is 22.9 Å². The quantitative estimate of drug-likeness (QED) is 0.0748. The van der Waals surface area contributed by atoms with Crippen LogP contribution in [-0.4, -0.2) is 83.3 Å². The number of unbranched alkanes of at least 4 members (excludes halogenated alkanes) is 1. The van der Waals surface area contributed by atoms with Gasteiger partial charge in [-0.2, -0.15) is 11.8 Å². The van der Waals surface area contributed by atoms with Gasteiger partial charge >= 0.3 is 5.97 Å². The summed E-state index contributed by atoms with van der Waals surface area (Å²) in [7, 11) is 0. The molecule has 0 aromatic carbocycles. The van der Waals surface area contributed by atoms with Crippen LogP contribution in [-0.2, 0) is 28.8 Å². The molecule has 0 aromatic heterocycles. The number of aliphatic carboxylic acids is 1. The number of primary amides is 2. The molecule has 0 aliphatic carbocycles. The number of hydrogen-bond donors (Lipinski definition) is 8. The third kappa shape index (κ3) is 14.5. The van der Waals surface area contributed by atoms with Gasteiger partial charge in [-0.25, -0.2) is 4.79 Å². The standard InChI is InChI=1S/C21H39N7O7S/c1-36-11-9-15(21(34)35)28-20(33)14(6-8-17(25)30)27-19(32)13(5-7-16(24)29)26-18(31)12(23)4-2-3-10-22/h12-15H,2-11,22-23H2,1H3,(H2,24,29)(H2,25,30)(H,26,31)(H,27,32)(H,28,33)(H,34,35). The van der Waals surface area contributed by atoms with Gasteiger partial charge in [-0.05, 0) is 50.7 Å². The van der Waals surface area contributed by atoms with E-state index in [1.165, 1.54) is 11.8 Å². The van der Waals surface area contributed by atoms with E-state index < -0.39 is 59.7 Å². The van der Waals surface area contributed by atoms with E-state index in [1.807, 2.05) is 0 Å². The summed E-state index contributed by atoms with van der Waals surface area (Å²) in [6.07, 6.45) is 2.61. The molecule has 0 aromatic rings. The van der Waals surface area contributed by atoms with E-state index in [2.05, 4.69) is 16.0 Å². The normalized spacial score (nSPS) is 14.1. The molecule has 14 nitrogen and oxygen atoms in total. The average molecular weight is 534 g/mol. The fraction of sp³-hybridized carbons (Fsp3) is 0.714. The molecule has 0 fully saturated rings. The lowest BCUT2D eigenvalue weighted by Gasteiger charge is -2.25. The van der Waals surface area contributed by atoms with Gasteiger partial charge in [0.15, 0.2) is 0 Å². The van der Waals surface area contributed by atoms with Crippen molar-refractivity contribution in [1.29, 1.82) is 0 Å². The van der Waals surface area contributed by atoms with Crippen LogP contribution in [0.15, 0.2) is 0 Å². The Kier molecular flexibility index (Phi) is 16.9. The molecule has 4 unspecified atom stereocenters. The second-order valence-electron chi connectivity index (χ2n) is 8.20. The fourth-order valence-corrected chi connectivity index (χ4v) is 3.54. The number of carboxylic acids is 1. The number of carbonyl (C=O) groups excluding carboxylic acids is 5. The van der Waals surface area contributed by atoms with Gasteiger partial charge in [-0.3, -0.25) is 24.0 Å². The van der Waals surface area contributed by atoms with Crippen molar-refractivity contribution in [1.82, 2.24) is 16.0 Å². The van der Waals surface area contributed by atoms with Crippen LogP contribution in [0.3, 0.4) is 0 Å². The number of rotatable bonds is 20. The summed E-state index contributed by atoms with van der Waals surface area (Å²) in [6.45, 7) is 0.437. The lowest BCUT2D eigenvalue weighted by Crippen LogP contribution is -2.57. The Labute approximate surface area is 214 Å². The van der Waals surface area contributed by atoms with Crippen molar-refractivity contribution in [2.45, 2.75) is 75.5 Å². The maximum Gasteiger partial charge on any atom is 0.326 e. The smallest absolute Gasteiger partial charge is 0.326 e. The van der Waals surface area contributed by atoms with Crippen LogP contribution in [0.25, 0.3) is 0 Å². The highest BCUT2D eigenvalue weighted by atomic mass is 32.2. The molecule has 0 rings (SSSR count). The number of carbonyl (C=O) groups is 6. The summed E-state index contributed by atoms with van der Waals surface area (Å²) in [5.74, 6) is -4.56. The van der Waals surface area contributed by atoms with Gasteiger partial charge in [0.2, 0.25) is 29.5 Å². The summed E-state index contributed by atoms with van der Waals surface area (Å²) < 4.78 is 0. The largest absolute Gasteiger partial charge is 0.480 e. The third-order valence-corrected chi connectivity index (χ3v) is 5.80. The van der Waals surface area contributed by atoms with Crippen LogP contribution >= 0.6 is 11.8 Å². The Morgan fingerprint density at radius 1 is 0.750 bits per heavy atom. The molecule has 0 spiro atoms. The number of amides is 5. The van der Waals surface area contributed by atoms with E-state index in [1.54, 1.807) is 6.26 Å². The summed E-state index contributed by atoms with van der Waals surface area (Å²) >= 11 is 1.39. The first-order valence-electron chi connectivity index (χ1n) is 11.6.